The highest BCUT2D eigenvalue weighted by molar-refractivity contribution is 7.92. The van der Waals surface area contributed by atoms with E-state index in [2.05, 4.69) is 5.32 Å². The normalized spacial score (nSPS) is 12.4. The van der Waals surface area contributed by atoms with E-state index in [1.807, 2.05) is 13.8 Å². The molecule has 36 heavy (non-hydrogen) atoms. The van der Waals surface area contributed by atoms with Crippen LogP contribution >= 0.6 is 46.4 Å². The van der Waals surface area contributed by atoms with Gasteiger partial charge >= 0.3 is 0 Å². The third-order valence-electron chi connectivity index (χ3n) is 5.28. The van der Waals surface area contributed by atoms with Crippen LogP contribution in [0.1, 0.15) is 32.8 Å². The van der Waals surface area contributed by atoms with Crippen molar-refractivity contribution in [2.45, 2.75) is 39.8 Å². The van der Waals surface area contributed by atoms with Crippen molar-refractivity contribution in [3.05, 3.63) is 62.1 Å². The Morgan fingerprint density at radius 2 is 1.58 bits per heavy atom. The monoisotopic (exact) mass is 595 g/mol. The molecule has 7 nitrogen and oxygen atoms in total. The largest absolute Gasteiger partial charge is 0.354 e. The molecule has 0 unspecified atom stereocenters. The first-order chi connectivity index (χ1) is 16.7. The summed E-state index contributed by atoms with van der Waals surface area (Å²) in [6, 6.07) is 8.27. The maximum atomic E-state index is 13.7. The van der Waals surface area contributed by atoms with Crippen LogP contribution < -0.4 is 9.62 Å². The average Bonchev–Trinajstić information content (AvgIpc) is 2.78. The molecule has 0 fully saturated rings. The lowest BCUT2D eigenvalue weighted by molar-refractivity contribution is -0.140. The second-order valence-electron chi connectivity index (χ2n) is 8.69. The van der Waals surface area contributed by atoms with Crippen molar-refractivity contribution in [1.82, 2.24) is 10.2 Å². The van der Waals surface area contributed by atoms with Gasteiger partial charge in [0.25, 0.3) is 0 Å². The minimum atomic E-state index is -3.95. The van der Waals surface area contributed by atoms with E-state index in [1.165, 1.54) is 29.2 Å². The molecule has 0 saturated carbocycles. The molecule has 0 heterocycles. The van der Waals surface area contributed by atoms with Crippen LogP contribution in [0.25, 0.3) is 0 Å². The van der Waals surface area contributed by atoms with Crippen molar-refractivity contribution in [3.63, 3.8) is 0 Å². The van der Waals surface area contributed by atoms with E-state index in [9.17, 15) is 18.0 Å². The lowest BCUT2D eigenvalue weighted by Gasteiger charge is -2.33. The van der Waals surface area contributed by atoms with Gasteiger partial charge in [-0.05, 0) is 48.2 Å². The van der Waals surface area contributed by atoms with Gasteiger partial charge in [-0.3, -0.25) is 13.9 Å². The van der Waals surface area contributed by atoms with Crippen molar-refractivity contribution >= 4 is 73.9 Å². The molecule has 12 heteroatoms. The molecule has 2 aromatic rings. The zero-order chi connectivity index (χ0) is 27.2. The van der Waals surface area contributed by atoms with Gasteiger partial charge in [-0.2, -0.15) is 0 Å². The fourth-order valence-corrected chi connectivity index (χ4v) is 5.20. The number of nitrogens with zero attached hydrogens (tertiary/aromatic N) is 2. The minimum absolute atomic E-state index is 0.0384. The number of nitrogens with one attached hydrogen (secondary N) is 1. The van der Waals surface area contributed by atoms with E-state index >= 15 is 0 Å². The summed E-state index contributed by atoms with van der Waals surface area (Å²) in [6.07, 6.45) is 1.25. The summed E-state index contributed by atoms with van der Waals surface area (Å²) in [7, 11) is -3.95. The number of hydrogen-bond acceptors (Lipinski definition) is 4. The Hall–Kier alpha value is -1.71. The molecule has 0 aromatic heterocycles. The number of halogens is 4. The third kappa shape index (κ3) is 8.42. The van der Waals surface area contributed by atoms with Crippen LogP contribution in [0.5, 0.6) is 0 Å². The van der Waals surface area contributed by atoms with Gasteiger partial charge in [0.2, 0.25) is 21.8 Å². The number of hydrogen-bond donors (Lipinski definition) is 1. The molecule has 0 aliphatic heterocycles. The Balaban J connectivity index is 2.50. The maximum absolute atomic E-state index is 13.7. The van der Waals surface area contributed by atoms with Crippen LogP contribution in [0.15, 0.2) is 36.4 Å². The van der Waals surface area contributed by atoms with Gasteiger partial charge in [-0.15, -0.1) is 0 Å². The standard InChI is InChI=1S/C24H29Cl4N3O4S/c1-5-21(24(33)29-12-15(2)3)30(13-16-6-7-17(25)10-20(16)28)23(32)14-31(36(4,34)35)22-11-18(26)8-9-19(22)27/h6-11,15,21H,5,12-14H2,1-4H3,(H,29,33)/t21-/m1/s1. The Labute approximate surface area is 232 Å². The van der Waals surface area contributed by atoms with Crippen molar-refractivity contribution < 1.29 is 18.0 Å². The highest BCUT2D eigenvalue weighted by Gasteiger charge is 2.32. The van der Waals surface area contributed by atoms with E-state index in [-0.39, 0.29) is 40.5 Å². The van der Waals surface area contributed by atoms with Crippen molar-refractivity contribution in [2.24, 2.45) is 5.92 Å². The van der Waals surface area contributed by atoms with Gasteiger partial charge in [0.15, 0.2) is 0 Å². The van der Waals surface area contributed by atoms with E-state index in [1.54, 1.807) is 19.1 Å². The molecule has 198 valence electrons. The van der Waals surface area contributed by atoms with E-state index in [4.69, 9.17) is 46.4 Å². The molecule has 0 aliphatic rings. The van der Waals surface area contributed by atoms with Gasteiger partial charge in [-0.1, -0.05) is 73.2 Å². The first-order valence-corrected chi connectivity index (χ1v) is 14.5. The molecule has 2 aromatic carbocycles. The molecular weight excluding hydrogens is 568 g/mol. The Bertz CT molecular complexity index is 1210. The van der Waals surface area contributed by atoms with Crippen molar-refractivity contribution in [2.75, 3.05) is 23.7 Å². The highest BCUT2D eigenvalue weighted by atomic mass is 35.5. The molecule has 0 radical (unpaired) electrons. The molecule has 1 atom stereocenters. The average molecular weight is 597 g/mol. The van der Waals surface area contributed by atoms with E-state index in [0.717, 1.165) is 10.6 Å². The number of benzene rings is 2. The number of amides is 2. The number of sulfonamides is 1. The summed E-state index contributed by atoms with van der Waals surface area (Å²) in [4.78, 5) is 28.1. The fraction of sp³-hybridized carbons (Fsp3) is 0.417. The second-order valence-corrected chi connectivity index (χ2v) is 12.3. The SMILES string of the molecule is CC[C@H](C(=O)NCC(C)C)N(Cc1ccc(Cl)cc1Cl)C(=O)CN(c1cc(Cl)ccc1Cl)S(C)(=O)=O. The van der Waals surface area contributed by atoms with Crippen LogP contribution in [0, 0.1) is 5.92 Å². The summed E-state index contributed by atoms with van der Waals surface area (Å²) in [6.45, 7) is 5.46. The van der Waals surface area contributed by atoms with Gasteiger partial charge in [0, 0.05) is 28.2 Å². The van der Waals surface area contributed by atoms with Crippen LogP contribution in [-0.4, -0.2) is 50.5 Å². The summed E-state index contributed by atoms with van der Waals surface area (Å²) in [5.74, 6) is -0.766. The number of carbonyl (C=O) groups is 2. The molecule has 0 bridgehead atoms. The Morgan fingerprint density at radius 3 is 2.14 bits per heavy atom. The van der Waals surface area contributed by atoms with Crippen LogP contribution in [0.2, 0.25) is 20.1 Å². The first-order valence-electron chi connectivity index (χ1n) is 11.2. The smallest absolute Gasteiger partial charge is 0.244 e. The zero-order valence-corrected chi connectivity index (χ0v) is 24.2. The topological polar surface area (TPSA) is 86.8 Å². The molecule has 2 amide bonds. The van der Waals surface area contributed by atoms with Crippen molar-refractivity contribution in [1.29, 1.82) is 0 Å². The molecule has 0 spiro atoms. The zero-order valence-electron chi connectivity index (χ0n) is 20.4. The molecule has 0 saturated heterocycles. The first kappa shape index (κ1) is 30.5. The van der Waals surface area contributed by atoms with Gasteiger partial charge in [0.05, 0.1) is 17.0 Å². The molecule has 1 N–H and O–H groups in total. The second kappa shape index (κ2) is 13.2. The Morgan fingerprint density at radius 1 is 0.972 bits per heavy atom. The molecule has 2 rings (SSSR count). The fourth-order valence-electron chi connectivity index (χ4n) is 3.45. The molecular formula is C24H29Cl4N3O4S. The number of anilines is 1. The predicted molar refractivity (Wildman–Crippen MR) is 148 cm³/mol. The Kier molecular flexibility index (Phi) is 11.2. The number of rotatable bonds is 11. The number of carbonyl (C=O) groups excluding carboxylic acids is 2. The van der Waals surface area contributed by atoms with Gasteiger partial charge < -0.3 is 10.2 Å². The van der Waals surface area contributed by atoms with Crippen LogP contribution in [0.4, 0.5) is 5.69 Å². The summed E-state index contributed by atoms with van der Waals surface area (Å²) in [5.41, 5.74) is 0.609. The van der Waals surface area contributed by atoms with E-state index < -0.39 is 28.5 Å². The van der Waals surface area contributed by atoms with Crippen LogP contribution in [-0.2, 0) is 26.2 Å². The quantitative estimate of drug-likeness (QED) is 0.363. The highest BCUT2D eigenvalue weighted by Crippen LogP contribution is 2.31. The maximum Gasteiger partial charge on any atom is 0.244 e. The third-order valence-corrected chi connectivity index (χ3v) is 7.55. The summed E-state index contributed by atoms with van der Waals surface area (Å²) in [5, 5.41) is 3.94. The van der Waals surface area contributed by atoms with Crippen molar-refractivity contribution in [3.8, 4) is 0 Å². The van der Waals surface area contributed by atoms with Crippen LogP contribution in [0.3, 0.4) is 0 Å². The molecule has 0 aliphatic carbocycles. The van der Waals surface area contributed by atoms with Gasteiger partial charge in [0.1, 0.15) is 12.6 Å². The lowest BCUT2D eigenvalue weighted by Crippen LogP contribution is -2.52. The van der Waals surface area contributed by atoms with Gasteiger partial charge in [-0.25, -0.2) is 8.42 Å². The minimum Gasteiger partial charge on any atom is -0.354 e. The lowest BCUT2D eigenvalue weighted by atomic mass is 10.1. The summed E-state index contributed by atoms with van der Waals surface area (Å²) < 4.78 is 26.3. The summed E-state index contributed by atoms with van der Waals surface area (Å²) >= 11 is 24.7. The predicted octanol–water partition coefficient (Wildman–Crippen LogP) is 5.65. The van der Waals surface area contributed by atoms with E-state index in [0.29, 0.717) is 22.2 Å².